The van der Waals surface area contributed by atoms with Gasteiger partial charge in [-0.05, 0) is 72.0 Å². The van der Waals surface area contributed by atoms with Crippen molar-refractivity contribution in [2.24, 2.45) is 0 Å². The Morgan fingerprint density at radius 3 is 2.80 bits per heavy atom. The fraction of sp³-hybridized carbons (Fsp3) is 0.385. The zero-order chi connectivity index (χ0) is 24.8. The number of carbonyl (C=O) groups excluding carboxylic acids is 2. The van der Waals surface area contributed by atoms with Crippen molar-refractivity contribution in [3.8, 4) is 5.75 Å². The SMILES string of the molecule is COCCCN(CC(=O)N1CCc2sccc2[C@H]1COc1ccc(Cl)c(C)c1)C(=O)c1cccs1. The Labute approximate surface area is 219 Å². The van der Waals surface area contributed by atoms with E-state index >= 15 is 0 Å². The van der Waals surface area contributed by atoms with Crippen LogP contribution in [0.2, 0.25) is 5.02 Å². The number of hydrogen-bond acceptors (Lipinski definition) is 6. The minimum absolute atomic E-state index is 0.0243. The summed E-state index contributed by atoms with van der Waals surface area (Å²) in [4.78, 5) is 32.1. The van der Waals surface area contributed by atoms with E-state index in [-0.39, 0.29) is 24.4 Å². The van der Waals surface area contributed by atoms with Crippen LogP contribution < -0.4 is 4.74 Å². The van der Waals surface area contributed by atoms with Crippen LogP contribution in [0.1, 0.15) is 38.1 Å². The van der Waals surface area contributed by atoms with E-state index in [2.05, 4.69) is 11.4 Å². The average molecular weight is 533 g/mol. The number of methoxy groups -OCH3 is 1. The van der Waals surface area contributed by atoms with Crippen LogP contribution in [0.15, 0.2) is 47.2 Å². The topological polar surface area (TPSA) is 59.1 Å². The molecular weight excluding hydrogens is 504 g/mol. The van der Waals surface area contributed by atoms with Crippen molar-refractivity contribution < 1.29 is 19.1 Å². The van der Waals surface area contributed by atoms with Gasteiger partial charge in [0.05, 0.1) is 10.9 Å². The van der Waals surface area contributed by atoms with Crippen LogP contribution in [0.25, 0.3) is 0 Å². The minimum Gasteiger partial charge on any atom is -0.491 e. The number of hydrogen-bond donors (Lipinski definition) is 0. The van der Waals surface area contributed by atoms with Crippen LogP contribution >= 0.6 is 34.3 Å². The van der Waals surface area contributed by atoms with Gasteiger partial charge in [0.15, 0.2) is 0 Å². The largest absolute Gasteiger partial charge is 0.491 e. The van der Waals surface area contributed by atoms with Crippen molar-refractivity contribution in [3.63, 3.8) is 0 Å². The van der Waals surface area contributed by atoms with Crippen molar-refractivity contribution in [2.45, 2.75) is 25.8 Å². The first-order valence-electron chi connectivity index (χ1n) is 11.5. The number of aryl methyl sites for hydroxylation is 1. The van der Waals surface area contributed by atoms with Crippen molar-refractivity contribution in [1.29, 1.82) is 0 Å². The van der Waals surface area contributed by atoms with E-state index in [0.29, 0.717) is 42.6 Å². The first-order chi connectivity index (χ1) is 17.0. The second kappa shape index (κ2) is 12.0. The third-order valence-corrected chi connectivity index (χ3v) is 8.35. The summed E-state index contributed by atoms with van der Waals surface area (Å²) in [6.45, 7) is 3.88. The number of halogens is 1. The van der Waals surface area contributed by atoms with Crippen LogP contribution in [0.3, 0.4) is 0 Å². The number of nitrogens with zero attached hydrogens (tertiary/aromatic N) is 2. The number of thiophene rings is 2. The highest BCUT2D eigenvalue weighted by atomic mass is 35.5. The normalized spacial score (nSPS) is 15.1. The molecule has 1 aliphatic rings. The number of benzene rings is 1. The Hall–Kier alpha value is -2.39. The molecule has 0 radical (unpaired) electrons. The lowest BCUT2D eigenvalue weighted by atomic mass is 10.0. The fourth-order valence-electron chi connectivity index (χ4n) is 4.22. The molecule has 3 heterocycles. The molecule has 0 bridgehead atoms. The molecule has 0 saturated carbocycles. The lowest BCUT2D eigenvalue weighted by Crippen LogP contribution is -2.48. The highest BCUT2D eigenvalue weighted by molar-refractivity contribution is 7.12. The number of ether oxygens (including phenoxy) is 2. The summed E-state index contributed by atoms with van der Waals surface area (Å²) in [6, 6.07) is 11.1. The van der Waals surface area contributed by atoms with Gasteiger partial charge in [-0.15, -0.1) is 22.7 Å². The van der Waals surface area contributed by atoms with E-state index in [9.17, 15) is 9.59 Å². The molecule has 1 atom stereocenters. The summed E-state index contributed by atoms with van der Waals surface area (Å²) < 4.78 is 11.3. The van der Waals surface area contributed by atoms with Gasteiger partial charge in [0, 0.05) is 36.7 Å². The van der Waals surface area contributed by atoms with Crippen molar-refractivity contribution in [2.75, 3.05) is 40.0 Å². The first-order valence-corrected chi connectivity index (χ1v) is 13.7. The molecule has 9 heteroatoms. The Bertz CT molecular complexity index is 1150. The Morgan fingerprint density at radius 1 is 1.20 bits per heavy atom. The van der Waals surface area contributed by atoms with E-state index in [1.807, 2.05) is 41.5 Å². The molecule has 1 aromatic carbocycles. The minimum atomic E-state index is -0.217. The predicted molar refractivity (Wildman–Crippen MR) is 141 cm³/mol. The molecule has 6 nitrogen and oxygen atoms in total. The third kappa shape index (κ3) is 6.25. The van der Waals surface area contributed by atoms with Crippen LogP contribution in [-0.2, 0) is 16.0 Å². The summed E-state index contributed by atoms with van der Waals surface area (Å²) in [5.41, 5.74) is 2.06. The van der Waals surface area contributed by atoms with Gasteiger partial charge in [-0.2, -0.15) is 0 Å². The molecule has 0 aliphatic carbocycles. The standard InChI is InChI=1S/C26H29ClN2O4S2/c1-18-15-19(6-7-21(18)27)33-17-22-20-9-14-35-23(20)8-11-29(22)25(30)16-28(10-4-12-32-2)26(31)24-5-3-13-34-24/h3,5-7,9,13-15,22H,4,8,10-12,16-17H2,1-2H3/t22-/m1/s1. The van der Waals surface area contributed by atoms with Crippen molar-refractivity contribution in [1.82, 2.24) is 9.80 Å². The quantitative estimate of drug-likeness (QED) is 0.325. The van der Waals surface area contributed by atoms with Gasteiger partial charge in [-0.25, -0.2) is 0 Å². The Morgan fingerprint density at radius 2 is 2.06 bits per heavy atom. The van der Waals surface area contributed by atoms with E-state index in [1.165, 1.54) is 16.2 Å². The van der Waals surface area contributed by atoms with Gasteiger partial charge in [-0.3, -0.25) is 9.59 Å². The average Bonchev–Trinajstić information content (AvgIpc) is 3.56. The highest BCUT2D eigenvalue weighted by Crippen LogP contribution is 2.34. The number of carbonyl (C=O) groups is 2. The number of fused-ring (bicyclic) bond motifs is 1. The molecule has 2 aromatic heterocycles. The van der Waals surface area contributed by atoms with Crippen LogP contribution in [-0.4, -0.2) is 61.6 Å². The van der Waals surface area contributed by atoms with Crippen molar-refractivity contribution in [3.05, 3.63) is 73.1 Å². The molecule has 0 saturated heterocycles. The molecule has 0 spiro atoms. The van der Waals surface area contributed by atoms with Gasteiger partial charge >= 0.3 is 0 Å². The molecule has 4 rings (SSSR count). The molecule has 35 heavy (non-hydrogen) atoms. The maximum Gasteiger partial charge on any atom is 0.264 e. The van der Waals surface area contributed by atoms with E-state index < -0.39 is 0 Å². The summed E-state index contributed by atoms with van der Waals surface area (Å²) in [6.07, 6.45) is 1.47. The lowest BCUT2D eigenvalue weighted by molar-refractivity contribution is -0.135. The molecule has 186 valence electrons. The first kappa shape index (κ1) is 25.7. The maximum absolute atomic E-state index is 13.6. The smallest absolute Gasteiger partial charge is 0.264 e. The summed E-state index contributed by atoms with van der Waals surface area (Å²) in [5, 5.41) is 4.63. The monoisotopic (exact) mass is 532 g/mol. The molecule has 0 unspecified atom stereocenters. The Balaban J connectivity index is 1.51. The molecular formula is C26H29ClN2O4S2. The maximum atomic E-state index is 13.6. The molecule has 2 amide bonds. The number of amides is 2. The molecule has 3 aromatic rings. The van der Waals surface area contributed by atoms with Gasteiger partial charge in [0.1, 0.15) is 18.9 Å². The van der Waals surface area contributed by atoms with Crippen LogP contribution in [0, 0.1) is 6.92 Å². The van der Waals surface area contributed by atoms with E-state index in [1.54, 1.807) is 29.4 Å². The molecule has 0 N–H and O–H groups in total. The second-order valence-electron chi connectivity index (χ2n) is 8.42. The van der Waals surface area contributed by atoms with Crippen LogP contribution in [0.4, 0.5) is 0 Å². The lowest BCUT2D eigenvalue weighted by Gasteiger charge is -2.37. The zero-order valence-corrected chi connectivity index (χ0v) is 22.3. The Kier molecular flexibility index (Phi) is 8.83. The predicted octanol–water partition coefficient (Wildman–Crippen LogP) is 5.46. The van der Waals surface area contributed by atoms with Gasteiger partial charge < -0.3 is 19.3 Å². The fourth-order valence-corrected chi connectivity index (χ4v) is 5.96. The molecule has 0 fully saturated rings. The van der Waals surface area contributed by atoms with Gasteiger partial charge in [0.2, 0.25) is 5.91 Å². The van der Waals surface area contributed by atoms with Gasteiger partial charge in [0.25, 0.3) is 5.91 Å². The van der Waals surface area contributed by atoms with E-state index in [0.717, 1.165) is 23.3 Å². The second-order valence-corrected chi connectivity index (χ2v) is 10.8. The van der Waals surface area contributed by atoms with Crippen LogP contribution in [0.5, 0.6) is 5.75 Å². The summed E-state index contributed by atoms with van der Waals surface area (Å²) in [5.74, 6) is 0.517. The molecule has 1 aliphatic heterocycles. The van der Waals surface area contributed by atoms with Crippen molar-refractivity contribution >= 4 is 46.1 Å². The summed E-state index contributed by atoms with van der Waals surface area (Å²) in [7, 11) is 1.63. The number of rotatable bonds is 10. The third-order valence-electron chi connectivity index (χ3n) is 6.07. The van der Waals surface area contributed by atoms with Gasteiger partial charge in [-0.1, -0.05) is 17.7 Å². The highest BCUT2D eigenvalue weighted by Gasteiger charge is 2.33. The van der Waals surface area contributed by atoms with E-state index in [4.69, 9.17) is 21.1 Å². The zero-order valence-electron chi connectivity index (χ0n) is 19.9. The summed E-state index contributed by atoms with van der Waals surface area (Å²) >= 11 is 9.25.